The standard InChI is InChI=1S/C29H20N2/c1-3-9-20(10-4-1)31-25-14-8-7-12-22(25)29-26(31)18-16-19-15-17-24-28(27(19)29)21-11-5-2-6-13-23(21)30-24/h1-12,14-18,30H,13H2. The van der Waals surface area contributed by atoms with E-state index in [9.17, 15) is 0 Å². The van der Waals surface area contributed by atoms with E-state index in [0.717, 1.165) is 6.42 Å². The molecular weight excluding hydrogens is 376 g/mol. The van der Waals surface area contributed by atoms with E-state index in [1.54, 1.807) is 0 Å². The minimum atomic E-state index is 0.931. The molecular formula is C29H20N2. The lowest BCUT2D eigenvalue weighted by atomic mass is 9.97. The van der Waals surface area contributed by atoms with E-state index < -0.39 is 0 Å². The summed E-state index contributed by atoms with van der Waals surface area (Å²) in [6.45, 7) is 0. The summed E-state index contributed by atoms with van der Waals surface area (Å²) in [5.74, 6) is 0. The third-order valence-electron chi connectivity index (χ3n) is 6.55. The first-order chi connectivity index (χ1) is 15.4. The van der Waals surface area contributed by atoms with Gasteiger partial charge in [0, 0.05) is 50.4 Å². The maximum Gasteiger partial charge on any atom is 0.0547 e. The van der Waals surface area contributed by atoms with Crippen molar-refractivity contribution in [2.75, 3.05) is 0 Å². The molecule has 0 radical (unpaired) electrons. The highest BCUT2D eigenvalue weighted by Gasteiger charge is 2.19. The number of nitrogens with zero attached hydrogens (tertiary/aromatic N) is 1. The van der Waals surface area contributed by atoms with Gasteiger partial charge in [0.25, 0.3) is 0 Å². The molecule has 0 amide bonds. The van der Waals surface area contributed by atoms with E-state index in [1.807, 2.05) is 0 Å². The lowest BCUT2D eigenvalue weighted by Crippen LogP contribution is -1.92. The lowest BCUT2D eigenvalue weighted by Gasteiger charge is -2.08. The normalized spacial score (nSPS) is 13.4. The number of aromatic amines is 1. The number of H-pyrrole nitrogens is 1. The fraction of sp³-hybridized carbons (Fsp3) is 0.0345. The van der Waals surface area contributed by atoms with Crippen LogP contribution in [0.25, 0.3) is 55.2 Å². The van der Waals surface area contributed by atoms with E-state index in [2.05, 4.69) is 113 Å². The molecule has 4 aromatic carbocycles. The topological polar surface area (TPSA) is 20.7 Å². The van der Waals surface area contributed by atoms with Crippen molar-refractivity contribution in [3.05, 3.63) is 108 Å². The smallest absolute Gasteiger partial charge is 0.0547 e. The third-order valence-corrected chi connectivity index (χ3v) is 6.55. The van der Waals surface area contributed by atoms with Crippen molar-refractivity contribution < 1.29 is 0 Å². The van der Waals surface area contributed by atoms with Gasteiger partial charge in [0.05, 0.1) is 11.0 Å². The molecule has 7 rings (SSSR count). The van der Waals surface area contributed by atoms with Crippen LogP contribution in [0.1, 0.15) is 11.3 Å². The van der Waals surface area contributed by atoms with Gasteiger partial charge in [-0.25, -0.2) is 0 Å². The van der Waals surface area contributed by atoms with Gasteiger partial charge in [-0.15, -0.1) is 0 Å². The van der Waals surface area contributed by atoms with Crippen LogP contribution in [-0.4, -0.2) is 9.55 Å². The second-order valence-corrected chi connectivity index (χ2v) is 8.24. The molecule has 1 N–H and O–H groups in total. The summed E-state index contributed by atoms with van der Waals surface area (Å²) in [6, 6.07) is 28.5. The molecule has 6 aromatic rings. The van der Waals surface area contributed by atoms with Gasteiger partial charge in [0.15, 0.2) is 0 Å². The van der Waals surface area contributed by atoms with Crippen molar-refractivity contribution in [3.8, 4) is 5.69 Å². The highest BCUT2D eigenvalue weighted by molar-refractivity contribution is 6.29. The first-order valence-corrected chi connectivity index (χ1v) is 10.8. The fourth-order valence-corrected chi connectivity index (χ4v) is 5.26. The van der Waals surface area contributed by atoms with E-state index in [1.165, 1.54) is 60.4 Å². The van der Waals surface area contributed by atoms with Gasteiger partial charge in [-0.05, 0) is 35.7 Å². The number of hydrogen-bond donors (Lipinski definition) is 1. The maximum atomic E-state index is 3.69. The Labute approximate surface area is 179 Å². The number of benzene rings is 4. The SMILES string of the molecule is C1=CCc2[nH]c3ccc4ccc5c(c6ccccc6n5-c5ccccc5)c4c3c2C=C1. The predicted molar refractivity (Wildman–Crippen MR) is 132 cm³/mol. The molecule has 146 valence electrons. The van der Waals surface area contributed by atoms with Crippen LogP contribution in [0.3, 0.4) is 0 Å². The van der Waals surface area contributed by atoms with Gasteiger partial charge in [-0.3, -0.25) is 0 Å². The second-order valence-electron chi connectivity index (χ2n) is 8.24. The minimum Gasteiger partial charge on any atom is -0.358 e. The fourth-order valence-electron chi connectivity index (χ4n) is 5.26. The Bertz CT molecular complexity index is 1690. The molecule has 0 fully saturated rings. The summed E-state index contributed by atoms with van der Waals surface area (Å²) in [6.07, 6.45) is 9.70. The van der Waals surface area contributed by atoms with Crippen molar-refractivity contribution >= 4 is 49.6 Å². The van der Waals surface area contributed by atoms with Crippen LogP contribution in [-0.2, 0) is 6.42 Å². The van der Waals surface area contributed by atoms with Gasteiger partial charge in [0.2, 0.25) is 0 Å². The molecule has 0 bridgehead atoms. The van der Waals surface area contributed by atoms with Crippen molar-refractivity contribution in [2.24, 2.45) is 0 Å². The minimum absolute atomic E-state index is 0.931. The van der Waals surface area contributed by atoms with Crippen LogP contribution < -0.4 is 0 Å². The van der Waals surface area contributed by atoms with Crippen LogP contribution in [0.2, 0.25) is 0 Å². The Kier molecular flexibility index (Phi) is 3.36. The Morgan fingerprint density at radius 1 is 0.677 bits per heavy atom. The molecule has 0 saturated carbocycles. The van der Waals surface area contributed by atoms with E-state index >= 15 is 0 Å². The molecule has 2 heteroatoms. The van der Waals surface area contributed by atoms with Crippen LogP contribution in [0.15, 0.2) is 97.1 Å². The zero-order valence-corrected chi connectivity index (χ0v) is 17.0. The molecule has 2 heterocycles. The maximum absolute atomic E-state index is 3.69. The zero-order valence-electron chi connectivity index (χ0n) is 17.0. The molecule has 2 nitrogen and oxygen atoms in total. The molecule has 0 aliphatic heterocycles. The van der Waals surface area contributed by atoms with Gasteiger partial charge >= 0.3 is 0 Å². The van der Waals surface area contributed by atoms with Crippen molar-refractivity contribution in [3.63, 3.8) is 0 Å². The predicted octanol–water partition coefficient (Wildman–Crippen LogP) is 7.54. The average molecular weight is 396 g/mol. The molecule has 0 saturated heterocycles. The number of hydrogen-bond acceptors (Lipinski definition) is 0. The molecule has 0 atom stereocenters. The van der Waals surface area contributed by atoms with Crippen LogP contribution in [0, 0.1) is 0 Å². The first-order valence-electron chi connectivity index (χ1n) is 10.8. The van der Waals surface area contributed by atoms with E-state index in [-0.39, 0.29) is 0 Å². The number of para-hydroxylation sites is 2. The summed E-state index contributed by atoms with van der Waals surface area (Å²) in [4.78, 5) is 3.69. The van der Waals surface area contributed by atoms with Gasteiger partial charge < -0.3 is 9.55 Å². The third kappa shape index (κ3) is 2.27. The Hall–Kier alpha value is -4.04. The summed E-state index contributed by atoms with van der Waals surface area (Å²) in [5, 5.41) is 6.57. The van der Waals surface area contributed by atoms with Crippen molar-refractivity contribution in [1.82, 2.24) is 9.55 Å². The van der Waals surface area contributed by atoms with Gasteiger partial charge in [-0.2, -0.15) is 0 Å². The Balaban J connectivity index is 1.75. The summed E-state index contributed by atoms with van der Waals surface area (Å²) in [5.41, 5.74) is 7.50. The van der Waals surface area contributed by atoms with Gasteiger partial charge in [-0.1, -0.05) is 72.8 Å². The zero-order chi connectivity index (χ0) is 20.4. The highest BCUT2D eigenvalue weighted by Crippen LogP contribution is 2.41. The first kappa shape index (κ1) is 16.7. The molecule has 0 unspecified atom stereocenters. The number of nitrogens with one attached hydrogen (secondary N) is 1. The molecule has 2 aromatic heterocycles. The number of rotatable bonds is 1. The van der Waals surface area contributed by atoms with Crippen LogP contribution in [0.5, 0.6) is 0 Å². The second kappa shape index (κ2) is 6.23. The summed E-state index contributed by atoms with van der Waals surface area (Å²) >= 11 is 0. The lowest BCUT2D eigenvalue weighted by molar-refractivity contribution is 1.17. The van der Waals surface area contributed by atoms with Crippen LogP contribution >= 0.6 is 0 Å². The van der Waals surface area contributed by atoms with Crippen molar-refractivity contribution in [2.45, 2.75) is 6.42 Å². The number of fused-ring (bicyclic) bond motifs is 9. The molecule has 31 heavy (non-hydrogen) atoms. The molecule has 1 aliphatic carbocycles. The van der Waals surface area contributed by atoms with Gasteiger partial charge in [0.1, 0.15) is 0 Å². The summed E-state index contributed by atoms with van der Waals surface area (Å²) < 4.78 is 2.39. The quantitative estimate of drug-likeness (QED) is 0.296. The largest absolute Gasteiger partial charge is 0.358 e. The molecule has 0 spiro atoms. The highest BCUT2D eigenvalue weighted by atomic mass is 15.0. The van der Waals surface area contributed by atoms with Crippen LogP contribution in [0.4, 0.5) is 0 Å². The summed E-state index contributed by atoms with van der Waals surface area (Å²) in [7, 11) is 0. The van der Waals surface area contributed by atoms with E-state index in [4.69, 9.17) is 0 Å². The van der Waals surface area contributed by atoms with E-state index in [0.29, 0.717) is 0 Å². The van der Waals surface area contributed by atoms with Crippen molar-refractivity contribution in [1.29, 1.82) is 0 Å². The monoisotopic (exact) mass is 396 g/mol. The number of aromatic nitrogens is 2. The Morgan fingerprint density at radius 2 is 1.52 bits per heavy atom. The molecule has 1 aliphatic rings. The average Bonchev–Trinajstić information content (AvgIpc) is 3.25. The number of allylic oxidation sites excluding steroid dienone is 3. The Morgan fingerprint density at radius 3 is 2.45 bits per heavy atom.